The molecule has 0 fully saturated rings. The van der Waals surface area contributed by atoms with Crippen molar-refractivity contribution in [3.8, 4) is 11.3 Å². The van der Waals surface area contributed by atoms with Crippen LogP contribution in [0, 0.1) is 0 Å². The molecule has 1 aromatic heterocycles. The Balaban J connectivity index is 2.18. The molecule has 1 unspecified atom stereocenters. The molecule has 0 spiro atoms. The van der Waals surface area contributed by atoms with Gasteiger partial charge in [0.25, 0.3) is 0 Å². The standard InChI is InChI=1S/C14H14ClN3O2/c1-3-20-14(19)18-8(2)11-7-16-17-13(11)10-6-9(15)4-5-12(10)18/h4-8H,3H2,1-2H3,(H,16,17). The molecule has 1 N–H and O–H groups in total. The molecule has 3 rings (SSSR count). The van der Waals surface area contributed by atoms with Crippen LogP contribution in [0.5, 0.6) is 0 Å². The Morgan fingerprint density at radius 3 is 3.10 bits per heavy atom. The Labute approximate surface area is 121 Å². The number of amides is 1. The highest BCUT2D eigenvalue weighted by atomic mass is 35.5. The molecule has 0 bridgehead atoms. The lowest BCUT2D eigenvalue weighted by Crippen LogP contribution is -2.36. The van der Waals surface area contributed by atoms with E-state index in [1.54, 1.807) is 24.1 Å². The molecule has 1 aromatic carbocycles. The molecule has 5 nitrogen and oxygen atoms in total. The van der Waals surface area contributed by atoms with Crippen LogP contribution in [0.4, 0.5) is 10.5 Å². The summed E-state index contributed by atoms with van der Waals surface area (Å²) in [6.45, 7) is 4.07. The van der Waals surface area contributed by atoms with Gasteiger partial charge in [-0.3, -0.25) is 10.00 Å². The first-order valence-corrected chi connectivity index (χ1v) is 6.80. The number of halogens is 1. The summed E-state index contributed by atoms with van der Waals surface area (Å²) in [7, 11) is 0. The smallest absolute Gasteiger partial charge is 0.414 e. The fourth-order valence-electron chi connectivity index (χ4n) is 2.54. The Morgan fingerprint density at radius 1 is 1.55 bits per heavy atom. The third kappa shape index (κ3) is 1.86. The van der Waals surface area contributed by atoms with Gasteiger partial charge in [-0.25, -0.2) is 4.79 Å². The first kappa shape index (κ1) is 13.0. The summed E-state index contributed by atoms with van der Waals surface area (Å²) in [6.07, 6.45) is 1.37. The molecule has 0 saturated carbocycles. The molecule has 104 valence electrons. The lowest BCUT2D eigenvalue weighted by atomic mass is 9.95. The second kappa shape index (κ2) is 4.83. The maximum absolute atomic E-state index is 12.2. The number of aromatic amines is 1. The van der Waals surface area contributed by atoms with Crippen LogP contribution < -0.4 is 4.90 Å². The number of hydrogen-bond donors (Lipinski definition) is 1. The maximum Gasteiger partial charge on any atom is 0.414 e. The minimum Gasteiger partial charge on any atom is -0.449 e. The zero-order valence-electron chi connectivity index (χ0n) is 11.2. The number of aromatic nitrogens is 2. The van der Waals surface area contributed by atoms with Crippen LogP contribution in [0.25, 0.3) is 11.3 Å². The third-order valence-corrected chi connectivity index (χ3v) is 3.69. The monoisotopic (exact) mass is 291 g/mol. The Hall–Kier alpha value is -2.01. The molecule has 1 aliphatic heterocycles. The number of nitrogens with zero attached hydrogens (tertiary/aromatic N) is 2. The molecule has 6 heteroatoms. The number of ether oxygens (including phenoxy) is 1. The molecule has 0 saturated heterocycles. The molecular formula is C14H14ClN3O2. The first-order valence-electron chi connectivity index (χ1n) is 6.42. The van der Waals surface area contributed by atoms with Gasteiger partial charge in [0.1, 0.15) is 0 Å². The van der Waals surface area contributed by atoms with E-state index in [4.69, 9.17) is 16.3 Å². The topological polar surface area (TPSA) is 58.2 Å². The fraction of sp³-hybridized carbons (Fsp3) is 0.286. The van der Waals surface area contributed by atoms with Crippen molar-refractivity contribution in [3.05, 3.63) is 35.0 Å². The third-order valence-electron chi connectivity index (χ3n) is 3.46. The molecular weight excluding hydrogens is 278 g/mol. The van der Waals surface area contributed by atoms with E-state index < -0.39 is 0 Å². The number of H-pyrrole nitrogens is 1. The van der Waals surface area contributed by atoms with Gasteiger partial charge in [0, 0.05) is 16.1 Å². The summed E-state index contributed by atoms with van der Waals surface area (Å²) in [5, 5.41) is 7.66. The molecule has 1 amide bonds. The highest BCUT2D eigenvalue weighted by Crippen LogP contribution is 2.44. The summed E-state index contributed by atoms with van der Waals surface area (Å²) in [4.78, 5) is 13.9. The van der Waals surface area contributed by atoms with Crippen LogP contribution in [0.2, 0.25) is 5.02 Å². The van der Waals surface area contributed by atoms with Crippen molar-refractivity contribution in [2.24, 2.45) is 0 Å². The van der Waals surface area contributed by atoms with Crippen molar-refractivity contribution in [1.82, 2.24) is 10.2 Å². The molecule has 0 aliphatic carbocycles. The quantitative estimate of drug-likeness (QED) is 0.870. The van der Waals surface area contributed by atoms with E-state index in [0.29, 0.717) is 11.6 Å². The molecule has 1 aliphatic rings. The summed E-state index contributed by atoms with van der Waals surface area (Å²) in [5.41, 5.74) is 3.48. The number of anilines is 1. The summed E-state index contributed by atoms with van der Waals surface area (Å²) < 4.78 is 5.15. The first-order chi connectivity index (χ1) is 9.63. The van der Waals surface area contributed by atoms with Gasteiger partial charge < -0.3 is 4.74 Å². The number of rotatable bonds is 1. The molecule has 1 atom stereocenters. The van der Waals surface area contributed by atoms with E-state index in [1.165, 1.54) is 0 Å². The van der Waals surface area contributed by atoms with Gasteiger partial charge in [-0.15, -0.1) is 0 Å². The van der Waals surface area contributed by atoms with Gasteiger partial charge in [-0.2, -0.15) is 5.10 Å². The SMILES string of the molecule is CCOC(=O)N1c2ccc(Cl)cc2-c2[nH]ncc2C1C. The van der Waals surface area contributed by atoms with Crippen LogP contribution in [0.3, 0.4) is 0 Å². The van der Waals surface area contributed by atoms with Gasteiger partial charge >= 0.3 is 6.09 Å². The van der Waals surface area contributed by atoms with E-state index in [-0.39, 0.29) is 12.1 Å². The van der Waals surface area contributed by atoms with Crippen LogP contribution in [0.1, 0.15) is 25.5 Å². The van der Waals surface area contributed by atoms with Crippen molar-refractivity contribution in [2.75, 3.05) is 11.5 Å². The van der Waals surface area contributed by atoms with Crippen molar-refractivity contribution in [1.29, 1.82) is 0 Å². The molecule has 0 radical (unpaired) electrons. The van der Waals surface area contributed by atoms with Crippen LogP contribution in [0.15, 0.2) is 24.4 Å². The largest absolute Gasteiger partial charge is 0.449 e. The minimum atomic E-state index is -0.365. The Bertz CT molecular complexity index is 668. The van der Waals surface area contributed by atoms with Gasteiger partial charge in [0.05, 0.1) is 30.2 Å². The second-order valence-electron chi connectivity index (χ2n) is 4.61. The predicted molar refractivity (Wildman–Crippen MR) is 76.9 cm³/mol. The number of fused-ring (bicyclic) bond motifs is 3. The molecule has 20 heavy (non-hydrogen) atoms. The fourth-order valence-corrected chi connectivity index (χ4v) is 2.72. The van der Waals surface area contributed by atoms with Gasteiger partial charge in [-0.1, -0.05) is 11.6 Å². The summed E-state index contributed by atoms with van der Waals surface area (Å²) >= 11 is 6.07. The maximum atomic E-state index is 12.2. The Morgan fingerprint density at radius 2 is 2.35 bits per heavy atom. The van der Waals surface area contributed by atoms with E-state index in [0.717, 1.165) is 22.5 Å². The highest BCUT2D eigenvalue weighted by Gasteiger charge is 2.34. The average molecular weight is 292 g/mol. The summed E-state index contributed by atoms with van der Waals surface area (Å²) in [6, 6.07) is 5.28. The lowest BCUT2D eigenvalue weighted by Gasteiger charge is -2.34. The van der Waals surface area contributed by atoms with E-state index in [9.17, 15) is 4.79 Å². The average Bonchev–Trinajstić information content (AvgIpc) is 2.90. The zero-order valence-corrected chi connectivity index (χ0v) is 11.9. The zero-order chi connectivity index (χ0) is 14.3. The highest BCUT2D eigenvalue weighted by molar-refractivity contribution is 6.31. The number of hydrogen-bond acceptors (Lipinski definition) is 3. The normalized spacial score (nSPS) is 16.6. The van der Waals surface area contributed by atoms with Crippen molar-refractivity contribution in [2.45, 2.75) is 19.9 Å². The number of nitrogens with one attached hydrogen (secondary N) is 1. The van der Waals surface area contributed by atoms with E-state index in [1.807, 2.05) is 19.1 Å². The van der Waals surface area contributed by atoms with E-state index >= 15 is 0 Å². The number of benzene rings is 1. The predicted octanol–water partition coefficient (Wildman–Crippen LogP) is 3.77. The van der Waals surface area contributed by atoms with Crippen LogP contribution >= 0.6 is 11.6 Å². The number of carbonyl (C=O) groups excluding carboxylic acids is 1. The minimum absolute atomic E-state index is 0.142. The molecule has 2 aromatic rings. The van der Waals surface area contributed by atoms with Gasteiger partial charge in [0.2, 0.25) is 0 Å². The van der Waals surface area contributed by atoms with Crippen LogP contribution in [-0.2, 0) is 4.74 Å². The van der Waals surface area contributed by atoms with Crippen molar-refractivity contribution in [3.63, 3.8) is 0 Å². The van der Waals surface area contributed by atoms with Gasteiger partial charge in [-0.05, 0) is 32.0 Å². The van der Waals surface area contributed by atoms with Crippen molar-refractivity contribution >= 4 is 23.4 Å². The molecule has 2 heterocycles. The second-order valence-corrected chi connectivity index (χ2v) is 5.04. The van der Waals surface area contributed by atoms with Crippen LogP contribution in [-0.4, -0.2) is 22.9 Å². The summed E-state index contributed by atoms with van der Waals surface area (Å²) in [5.74, 6) is 0. The van der Waals surface area contributed by atoms with Gasteiger partial charge in [0.15, 0.2) is 0 Å². The number of carbonyl (C=O) groups is 1. The lowest BCUT2D eigenvalue weighted by molar-refractivity contribution is 0.157. The van der Waals surface area contributed by atoms with E-state index in [2.05, 4.69) is 10.2 Å². The Kier molecular flexibility index (Phi) is 3.14. The van der Waals surface area contributed by atoms with Crippen molar-refractivity contribution < 1.29 is 9.53 Å².